The van der Waals surface area contributed by atoms with E-state index in [1.54, 1.807) is 6.07 Å². The molecule has 8 heteroatoms. The number of halogens is 2. The van der Waals surface area contributed by atoms with Gasteiger partial charge in [-0.05, 0) is 61.2 Å². The van der Waals surface area contributed by atoms with Gasteiger partial charge in [-0.3, -0.25) is 9.78 Å². The van der Waals surface area contributed by atoms with Crippen LogP contribution in [0.3, 0.4) is 0 Å². The molecule has 1 aromatic heterocycles. The van der Waals surface area contributed by atoms with Gasteiger partial charge in [-0.25, -0.2) is 0 Å². The number of carbonyl (C=O) groups excluding carboxylic acids is 1. The highest BCUT2D eigenvalue weighted by Crippen LogP contribution is 2.52. The first kappa shape index (κ1) is 24.2. The molecule has 0 bridgehead atoms. The maximum absolute atomic E-state index is 13.4. The second-order valence-corrected chi connectivity index (χ2v) is 9.61. The van der Waals surface area contributed by atoms with E-state index < -0.39 is 11.7 Å². The maximum atomic E-state index is 13.4. The predicted molar refractivity (Wildman–Crippen MR) is 128 cm³/mol. The van der Waals surface area contributed by atoms with E-state index in [1.165, 1.54) is 12.1 Å². The first-order valence-electron chi connectivity index (χ1n) is 11.9. The molecule has 2 aromatic carbocycles. The van der Waals surface area contributed by atoms with Crippen molar-refractivity contribution < 1.29 is 32.9 Å². The number of benzene rings is 2. The van der Waals surface area contributed by atoms with Crippen molar-refractivity contribution in [3.05, 3.63) is 71.4 Å². The van der Waals surface area contributed by atoms with E-state index in [1.807, 2.05) is 50.2 Å². The van der Waals surface area contributed by atoms with E-state index in [2.05, 4.69) is 9.47 Å². The molecule has 5 rings (SSSR count). The minimum atomic E-state index is -3.69. The molecule has 1 aliphatic carbocycles. The number of aliphatic hydroxyl groups excluding tert-OH is 1. The number of aliphatic hydroxyl groups is 1. The van der Waals surface area contributed by atoms with Crippen LogP contribution in [-0.2, 0) is 16.6 Å². The number of carbonyl (C=O) groups is 1. The molecule has 0 radical (unpaired) electrons. The summed E-state index contributed by atoms with van der Waals surface area (Å²) < 4.78 is 41.7. The Bertz CT molecular complexity index is 1300. The lowest BCUT2D eigenvalue weighted by Gasteiger charge is -2.16. The predicted octanol–water partition coefficient (Wildman–Crippen LogP) is 5.23. The Labute approximate surface area is 207 Å². The molecule has 0 saturated heterocycles. The van der Waals surface area contributed by atoms with Gasteiger partial charge in [0.25, 0.3) is 0 Å². The van der Waals surface area contributed by atoms with Crippen LogP contribution in [0.4, 0.5) is 8.78 Å². The number of rotatable bonds is 9. The number of alkyl halides is 2. The number of ether oxygens (including phenoxy) is 3. The molecule has 1 atom stereocenters. The second-order valence-electron chi connectivity index (χ2n) is 9.61. The number of pyridine rings is 1. The Morgan fingerprint density at radius 2 is 1.89 bits per heavy atom. The minimum Gasteiger partial charge on any atom is -0.493 e. The molecule has 188 valence electrons. The molecule has 2 heterocycles. The summed E-state index contributed by atoms with van der Waals surface area (Å²) in [5.74, 6) is 0.613. The number of ketones is 1. The van der Waals surface area contributed by atoms with Crippen molar-refractivity contribution in [1.82, 2.24) is 4.98 Å². The van der Waals surface area contributed by atoms with Crippen molar-refractivity contribution in [2.75, 3.05) is 13.2 Å². The molecule has 1 fully saturated rings. The molecule has 1 saturated carbocycles. The molecule has 6 nitrogen and oxygen atoms in total. The largest absolute Gasteiger partial charge is 0.586 e. The van der Waals surface area contributed by atoms with Gasteiger partial charge in [-0.2, -0.15) is 0 Å². The number of fused-ring (bicyclic) bond motifs is 1. The SMILES string of the molecule is Cc1ccc(CC(=O)C2(c3ccc4c(c3)OC(F)(F)O4)CC2)nc1-c1cccc(OC[C@H](C)CO)c1. The average Bonchev–Trinajstić information content (AvgIpc) is 3.61. The van der Waals surface area contributed by atoms with E-state index in [0.29, 0.717) is 36.5 Å². The number of Topliss-reactive ketones (excluding diaryl/α,β-unsaturated/α-hetero) is 1. The van der Waals surface area contributed by atoms with Crippen LogP contribution in [-0.4, -0.2) is 35.4 Å². The summed E-state index contributed by atoms with van der Waals surface area (Å²) >= 11 is 0. The fraction of sp³-hybridized carbons (Fsp3) is 0.357. The highest BCUT2D eigenvalue weighted by molar-refractivity contribution is 5.94. The average molecular weight is 496 g/mol. The quantitative estimate of drug-likeness (QED) is 0.438. The van der Waals surface area contributed by atoms with Crippen molar-refractivity contribution in [2.45, 2.75) is 44.8 Å². The zero-order chi connectivity index (χ0) is 25.5. The maximum Gasteiger partial charge on any atom is 0.586 e. The summed E-state index contributed by atoms with van der Waals surface area (Å²) in [7, 11) is 0. The normalized spacial score (nSPS) is 17.5. The third-order valence-corrected chi connectivity index (χ3v) is 6.69. The van der Waals surface area contributed by atoms with Gasteiger partial charge in [0.2, 0.25) is 0 Å². The van der Waals surface area contributed by atoms with E-state index in [0.717, 1.165) is 16.8 Å². The van der Waals surface area contributed by atoms with E-state index in [-0.39, 0.29) is 36.2 Å². The van der Waals surface area contributed by atoms with Crippen LogP contribution in [0.1, 0.15) is 36.6 Å². The van der Waals surface area contributed by atoms with Gasteiger partial charge in [-0.1, -0.05) is 31.2 Å². The summed E-state index contributed by atoms with van der Waals surface area (Å²) in [6, 6.07) is 15.9. The number of nitrogens with zero attached hydrogens (tertiary/aromatic N) is 1. The monoisotopic (exact) mass is 495 g/mol. The Balaban J connectivity index is 1.34. The van der Waals surface area contributed by atoms with Crippen molar-refractivity contribution in [1.29, 1.82) is 0 Å². The van der Waals surface area contributed by atoms with Crippen LogP contribution in [0.25, 0.3) is 11.3 Å². The highest BCUT2D eigenvalue weighted by Gasteiger charge is 2.52. The fourth-order valence-electron chi connectivity index (χ4n) is 4.42. The van der Waals surface area contributed by atoms with Gasteiger partial charge >= 0.3 is 6.29 Å². The molecule has 1 aliphatic heterocycles. The number of hydrogen-bond acceptors (Lipinski definition) is 6. The first-order chi connectivity index (χ1) is 17.2. The Hall–Kier alpha value is -3.52. The highest BCUT2D eigenvalue weighted by atomic mass is 19.3. The number of aryl methyl sites for hydroxylation is 1. The molecular formula is C28H27F2NO5. The molecule has 3 aromatic rings. The zero-order valence-electron chi connectivity index (χ0n) is 20.1. The lowest BCUT2D eigenvalue weighted by molar-refractivity contribution is -0.286. The summed E-state index contributed by atoms with van der Waals surface area (Å²) in [5.41, 5.74) is 3.16. The van der Waals surface area contributed by atoms with E-state index in [4.69, 9.17) is 9.72 Å². The van der Waals surface area contributed by atoms with Crippen LogP contribution >= 0.6 is 0 Å². The van der Waals surface area contributed by atoms with Gasteiger partial charge in [0.05, 0.1) is 17.7 Å². The van der Waals surface area contributed by atoms with Crippen molar-refractivity contribution in [3.8, 4) is 28.5 Å². The molecule has 36 heavy (non-hydrogen) atoms. The summed E-state index contributed by atoms with van der Waals surface area (Å²) in [6.45, 7) is 4.32. The smallest absolute Gasteiger partial charge is 0.493 e. The summed E-state index contributed by atoms with van der Waals surface area (Å²) in [5, 5.41) is 9.22. The van der Waals surface area contributed by atoms with Gasteiger partial charge < -0.3 is 19.3 Å². The molecule has 2 aliphatic rings. The van der Waals surface area contributed by atoms with Crippen molar-refractivity contribution >= 4 is 5.78 Å². The Kier molecular flexibility index (Phi) is 6.16. The van der Waals surface area contributed by atoms with Crippen LogP contribution in [0.2, 0.25) is 0 Å². The Morgan fingerprint density at radius 3 is 2.64 bits per heavy atom. The first-order valence-corrected chi connectivity index (χ1v) is 11.9. The van der Waals surface area contributed by atoms with Crippen LogP contribution in [0.5, 0.6) is 17.2 Å². The number of hydrogen-bond donors (Lipinski definition) is 1. The topological polar surface area (TPSA) is 77.9 Å². The fourth-order valence-corrected chi connectivity index (χ4v) is 4.42. The van der Waals surface area contributed by atoms with Crippen molar-refractivity contribution in [3.63, 3.8) is 0 Å². The van der Waals surface area contributed by atoms with Crippen molar-refractivity contribution in [2.24, 2.45) is 5.92 Å². The molecule has 0 spiro atoms. The zero-order valence-corrected chi connectivity index (χ0v) is 20.1. The summed E-state index contributed by atoms with van der Waals surface area (Å²) in [4.78, 5) is 18.2. The molecular weight excluding hydrogens is 468 g/mol. The van der Waals surface area contributed by atoms with Gasteiger partial charge in [0.1, 0.15) is 11.5 Å². The lowest BCUT2D eigenvalue weighted by atomic mass is 9.88. The van der Waals surface area contributed by atoms with E-state index in [9.17, 15) is 18.7 Å². The van der Waals surface area contributed by atoms with Gasteiger partial charge in [0.15, 0.2) is 11.5 Å². The second kappa shape index (κ2) is 9.17. The van der Waals surface area contributed by atoms with Crippen LogP contribution in [0.15, 0.2) is 54.6 Å². The third kappa shape index (κ3) is 4.78. The molecule has 0 unspecified atom stereocenters. The lowest BCUT2D eigenvalue weighted by Crippen LogP contribution is -2.26. The summed E-state index contributed by atoms with van der Waals surface area (Å²) in [6.07, 6.45) is -2.27. The van der Waals surface area contributed by atoms with Crippen LogP contribution in [0, 0.1) is 12.8 Å². The molecule has 0 amide bonds. The molecule has 1 N–H and O–H groups in total. The van der Waals surface area contributed by atoms with Gasteiger partial charge in [0, 0.05) is 30.2 Å². The third-order valence-electron chi connectivity index (χ3n) is 6.69. The number of aromatic nitrogens is 1. The van der Waals surface area contributed by atoms with Crippen LogP contribution < -0.4 is 14.2 Å². The van der Waals surface area contributed by atoms with Gasteiger partial charge in [-0.15, -0.1) is 8.78 Å². The Morgan fingerprint density at radius 1 is 1.11 bits per heavy atom. The standard InChI is InChI=1S/C28H27F2NO5/c1-17(15-32)16-34-22-5-3-4-19(12-22)26-18(2)6-8-21(31-26)14-25(33)27(10-11-27)20-7-9-23-24(13-20)36-28(29,30)35-23/h3-9,12-13,17,32H,10-11,14-16H2,1-2H3/t17-/m1/s1. The van der Waals surface area contributed by atoms with E-state index >= 15 is 0 Å². The minimum absolute atomic E-state index is 0.00879.